The number of carbonyl (C=O) groups is 2. The van der Waals surface area contributed by atoms with E-state index in [2.05, 4.69) is 0 Å². The van der Waals surface area contributed by atoms with Gasteiger partial charge in [0.1, 0.15) is 11.5 Å². The van der Waals surface area contributed by atoms with Gasteiger partial charge in [-0.05, 0) is 56.7 Å². The number of rotatable bonds is 6. The van der Waals surface area contributed by atoms with Crippen LogP contribution in [0.3, 0.4) is 0 Å². The molecule has 1 aliphatic rings. The second-order valence-electron chi connectivity index (χ2n) is 6.83. The number of nitrogens with zero attached hydrogens (tertiary/aromatic N) is 2. The summed E-state index contributed by atoms with van der Waals surface area (Å²) in [5.41, 5.74) is -0.00443. The number of hydrogen-bond acceptors (Lipinski definition) is 6. The Morgan fingerprint density at radius 2 is 2.04 bits per heavy atom. The number of halogens is 1. The minimum absolute atomic E-state index is 0.0281. The van der Waals surface area contributed by atoms with Gasteiger partial charge in [-0.3, -0.25) is 9.59 Å². The molecule has 0 saturated carbocycles. The second-order valence-corrected chi connectivity index (χ2v) is 8.24. The van der Waals surface area contributed by atoms with Crippen molar-refractivity contribution in [1.29, 1.82) is 0 Å². The number of ketones is 1. The highest BCUT2D eigenvalue weighted by molar-refractivity contribution is 7.10. The summed E-state index contributed by atoms with van der Waals surface area (Å²) in [4.78, 5) is 29.8. The SMILES string of the molecule is CN(C)CCCN1C(=O)C(=O)C(=C(O)c2cc(Cl)ccc2O)[C@H]1c1cccs1. The summed E-state index contributed by atoms with van der Waals surface area (Å²) in [7, 11) is 3.87. The Morgan fingerprint density at radius 1 is 1.29 bits per heavy atom. The van der Waals surface area contributed by atoms with E-state index in [0.29, 0.717) is 18.0 Å². The highest BCUT2D eigenvalue weighted by Crippen LogP contribution is 2.42. The molecule has 28 heavy (non-hydrogen) atoms. The quantitative estimate of drug-likeness (QED) is 0.425. The molecule has 1 fully saturated rings. The third-order valence-corrected chi connectivity index (χ3v) is 5.73. The van der Waals surface area contributed by atoms with Gasteiger partial charge in [0, 0.05) is 16.4 Å². The summed E-state index contributed by atoms with van der Waals surface area (Å²) in [6.07, 6.45) is 0.685. The Hall–Kier alpha value is -2.35. The summed E-state index contributed by atoms with van der Waals surface area (Å²) in [6, 6.07) is 7.15. The molecule has 8 heteroatoms. The minimum Gasteiger partial charge on any atom is -0.507 e. The fraction of sp³-hybridized carbons (Fsp3) is 0.300. The van der Waals surface area contributed by atoms with Crippen molar-refractivity contribution >= 4 is 40.4 Å². The van der Waals surface area contributed by atoms with Gasteiger partial charge in [0.25, 0.3) is 11.7 Å². The lowest BCUT2D eigenvalue weighted by atomic mass is 9.99. The summed E-state index contributed by atoms with van der Waals surface area (Å²) in [5, 5.41) is 23.2. The molecule has 3 rings (SSSR count). The molecule has 1 amide bonds. The van der Waals surface area contributed by atoms with Crippen LogP contribution < -0.4 is 0 Å². The third kappa shape index (κ3) is 3.92. The Balaban J connectivity index is 2.09. The van der Waals surface area contributed by atoms with Gasteiger partial charge in [0.2, 0.25) is 0 Å². The zero-order valence-electron chi connectivity index (χ0n) is 15.6. The van der Waals surface area contributed by atoms with E-state index >= 15 is 0 Å². The van der Waals surface area contributed by atoms with Crippen molar-refractivity contribution in [3.8, 4) is 5.75 Å². The average molecular weight is 421 g/mol. The van der Waals surface area contributed by atoms with Crippen molar-refractivity contribution in [3.63, 3.8) is 0 Å². The Bertz CT molecular complexity index is 924. The highest BCUT2D eigenvalue weighted by atomic mass is 35.5. The number of phenols is 1. The van der Waals surface area contributed by atoms with Crippen LogP contribution in [-0.4, -0.2) is 58.9 Å². The van der Waals surface area contributed by atoms with Gasteiger partial charge >= 0.3 is 0 Å². The topological polar surface area (TPSA) is 81.1 Å². The first-order valence-corrected chi connectivity index (χ1v) is 10.0. The number of likely N-dealkylation sites (tertiary alicyclic amines) is 1. The molecule has 0 bridgehead atoms. The lowest BCUT2D eigenvalue weighted by molar-refractivity contribution is -0.139. The number of aliphatic hydroxyl groups excluding tert-OH is 1. The van der Waals surface area contributed by atoms with E-state index in [4.69, 9.17) is 11.6 Å². The summed E-state index contributed by atoms with van der Waals surface area (Å²) in [5.74, 6) is -2.06. The molecule has 2 aromatic rings. The van der Waals surface area contributed by atoms with E-state index in [9.17, 15) is 19.8 Å². The van der Waals surface area contributed by atoms with Crippen molar-refractivity contribution in [2.75, 3.05) is 27.2 Å². The standard InChI is InChI=1S/C20H21ClN2O4S/c1-22(2)8-4-9-23-17(15-5-3-10-28-15)16(19(26)20(23)27)18(25)13-11-12(21)6-7-14(13)24/h3,5-7,10-11,17,24-25H,4,8-9H2,1-2H3/t17-/m1/s1. The molecule has 0 radical (unpaired) electrons. The first-order valence-electron chi connectivity index (χ1n) is 8.76. The third-order valence-electron chi connectivity index (χ3n) is 4.57. The first-order chi connectivity index (χ1) is 13.3. The van der Waals surface area contributed by atoms with E-state index in [1.54, 1.807) is 0 Å². The molecule has 148 valence electrons. The molecule has 2 heterocycles. The monoisotopic (exact) mass is 420 g/mol. The van der Waals surface area contributed by atoms with E-state index in [1.807, 2.05) is 36.5 Å². The lowest BCUT2D eigenvalue weighted by Crippen LogP contribution is -2.32. The normalized spacial score (nSPS) is 19.0. The number of thiophene rings is 1. The van der Waals surface area contributed by atoms with Crippen molar-refractivity contribution < 1.29 is 19.8 Å². The average Bonchev–Trinajstić information content (AvgIpc) is 3.25. The fourth-order valence-corrected chi connectivity index (χ4v) is 4.27. The minimum atomic E-state index is -0.764. The van der Waals surface area contributed by atoms with Crippen molar-refractivity contribution in [2.24, 2.45) is 0 Å². The smallest absolute Gasteiger partial charge is 0.295 e. The molecule has 1 saturated heterocycles. The molecular formula is C20H21ClN2O4S. The molecule has 0 unspecified atom stereocenters. The van der Waals surface area contributed by atoms with Crippen LogP contribution in [0.1, 0.15) is 22.9 Å². The van der Waals surface area contributed by atoms with Crippen LogP contribution in [0.5, 0.6) is 5.75 Å². The number of benzene rings is 1. The molecule has 1 atom stereocenters. The van der Waals surface area contributed by atoms with Crippen LogP contribution in [0.2, 0.25) is 5.02 Å². The predicted molar refractivity (Wildman–Crippen MR) is 110 cm³/mol. The molecule has 1 aromatic heterocycles. The summed E-state index contributed by atoms with van der Waals surface area (Å²) < 4.78 is 0. The van der Waals surface area contributed by atoms with Gasteiger partial charge in [-0.2, -0.15) is 0 Å². The molecule has 6 nitrogen and oxygen atoms in total. The maximum Gasteiger partial charge on any atom is 0.295 e. The Morgan fingerprint density at radius 3 is 2.68 bits per heavy atom. The van der Waals surface area contributed by atoms with Gasteiger partial charge in [-0.1, -0.05) is 17.7 Å². The molecule has 1 aliphatic heterocycles. The number of phenolic OH excluding ortho intramolecular Hbond substituents is 1. The van der Waals surface area contributed by atoms with Crippen LogP contribution in [0.15, 0.2) is 41.3 Å². The molecular weight excluding hydrogens is 400 g/mol. The molecule has 1 aromatic carbocycles. The predicted octanol–water partition coefficient (Wildman–Crippen LogP) is 3.48. The highest BCUT2D eigenvalue weighted by Gasteiger charge is 2.46. The van der Waals surface area contributed by atoms with Crippen LogP contribution >= 0.6 is 22.9 Å². The Labute approximate surface area is 172 Å². The van der Waals surface area contributed by atoms with Crippen LogP contribution in [0, 0.1) is 0 Å². The van der Waals surface area contributed by atoms with Crippen LogP contribution in [0.25, 0.3) is 5.76 Å². The van der Waals surface area contributed by atoms with Crippen LogP contribution in [0.4, 0.5) is 0 Å². The molecule has 2 N–H and O–H groups in total. The van der Waals surface area contributed by atoms with E-state index in [0.717, 1.165) is 11.4 Å². The largest absolute Gasteiger partial charge is 0.507 e. The number of amides is 1. The van der Waals surface area contributed by atoms with Gasteiger partial charge in [0.15, 0.2) is 0 Å². The molecule has 0 spiro atoms. The number of carbonyl (C=O) groups excluding carboxylic acids is 2. The Kier molecular flexibility index (Phi) is 6.07. The lowest BCUT2D eigenvalue weighted by Gasteiger charge is -2.24. The van der Waals surface area contributed by atoms with E-state index in [1.165, 1.54) is 34.4 Å². The first kappa shape index (κ1) is 20.4. The number of Topliss-reactive ketones (excluding diaryl/α,β-unsaturated/α-hetero) is 1. The van der Waals surface area contributed by atoms with E-state index in [-0.39, 0.29) is 16.9 Å². The maximum atomic E-state index is 12.8. The van der Waals surface area contributed by atoms with Gasteiger partial charge in [0.05, 0.1) is 17.2 Å². The zero-order valence-corrected chi connectivity index (χ0v) is 17.1. The van der Waals surface area contributed by atoms with Gasteiger partial charge in [-0.15, -0.1) is 11.3 Å². The summed E-state index contributed by atoms with van der Waals surface area (Å²) >= 11 is 7.39. The van der Waals surface area contributed by atoms with Crippen molar-refractivity contribution in [2.45, 2.75) is 12.5 Å². The number of aromatic hydroxyl groups is 1. The van der Waals surface area contributed by atoms with Gasteiger partial charge < -0.3 is 20.0 Å². The number of hydrogen-bond donors (Lipinski definition) is 2. The summed E-state index contributed by atoms with van der Waals surface area (Å²) in [6.45, 7) is 1.14. The molecule has 0 aliphatic carbocycles. The van der Waals surface area contributed by atoms with Crippen LogP contribution in [-0.2, 0) is 9.59 Å². The van der Waals surface area contributed by atoms with Crippen molar-refractivity contribution in [1.82, 2.24) is 9.80 Å². The maximum absolute atomic E-state index is 12.8. The van der Waals surface area contributed by atoms with Crippen molar-refractivity contribution in [3.05, 3.63) is 56.7 Å². The van der Waals surface area contributed by atoms with Gasteiger partial charge in [-0.25, -0.2) is 0 Å². The zero-order chi connectivity index (χ0) is 20.4. The fourth-order valence-electron chi connectivity index (χ4n) is 3.25. The number of aliphatic hydroxyl groups is 1. The van der Waals surface area contributed by atoms with E-state index < -0.39 is 23.5 Å². The second kappa shape index (κ2) is 8.34.